The maximum atomic E-state index is 12.3. The molecule has 0 spiro atoms. The Labute approximate surface area is 170 Å². The highest BCUT2D eigenvalue weighted by Gasteiger charge is 2.13. The summed E-state index contributed by atoms with van der Waals surface area (Å²) in [6.07, 6.45) is 3.15. The summed E-state index contributed by atoms with van der Waals surface area (Å²) in [7, 11) is -3.33. The number of hydrogen-bond donors (Lipinski definition) is 1. The minimum absolute atomic E-state index is 0.00819. The van der Waals surface area contributed by atoms with E-state index in [1.807, 2.05) is 48.9 Å². The molecule has 6 nitrogen and oxygen atoms in total. The lowest BCUT2D eigenvalue weighted by Gasteiger charge is -2.06. The van der Waals surface area contributed by atoms with Crippen LogP contribution in [0.2, 0.25) is 0 Å². The maximum Gasteiger partial charge on any atom is 0.248 e. The fourth-order valence-corrected chi connectivity index (χ4v) is 3.92. The van der Waals surface area contributed by atoms with Crippen molar-refractivity contribution in [1.82, 2.24) is 9.78 Å². The molecule has 3 aromatic rings. The summed E-state index contributed by atoms with van der Waals surface area (Å²) in [6, 6.07) is 16.0. The molecular formula is C22H23N3O3S. The SMILES string of the molecule is CCS(=O)(=O)c1cccc(NC(=O)/C=C/c2c(C)nn(-c3ccccc3)c2C)c1. The second-order valence-electron chi connectivity index (χ2n) is 6.59. The number of anilines is 1. The molecule has 1 amide bonds. The van der Waals surface area contributed by atoms with Crippen molar-refractivity contribution in [1.29, 1.82) is 0 Å². The van der Waals surface area contributed by atoms with Crippen molar-refractivity contribution in [2.24, 2.45) is 0 Å². The molecule has 0 bridgehead atoms. The first kappa shape index (κ1) is 20.5. The van der Waals surface area contributed by atoms with Gasteiger partial charge in [0.1, 0.15) is 0 Å². The van der Waals surface area contributed by atoms with E-state index in [9.17, 15) is 13.2 Å². The first-order valence-electron chi connectivity index (χ1n) is 9.25. The number of benzene rings is 2. The van der Waals surface area contributed by atoms with Crippen LogP contribution in [-0.4, -0.2) is 29.9 Å². The Morgan fingerprint density at radius 2 is 1.83 bits per heavy atom. The van der Waals surface area contributed by atoms with Gasteiger partial charge in [0.2, 0.25) is 5.91 Å². The predicted octanol–water partition coefficient (Wildman–Crippen LogP) is 3.93. The standard InChI is InChI=1S/C22H23N3O3S/c1-4-29(27,28)20-12-8-9-18(15-20)23-22(26)14-13-21-16(2)24-25(17(21)3)19-10-6-5-7-11-19/h5-15H,4H2,1-3H3,(H,23,26)/b14-13+. The Balaban J connectivity index is 1.79. The van der Waals surface area contributed by atoms with E-state index in [1.165, 1.54) is 18.2 Å². The van der Waals surface area contributed by atoms with Crippen LogP contribution in [0.3, 0.4) is 0 Å². The fourth-order valence-electron chi connectivity index (χ4n) is 2.99. The number of carbonyl (C=O) groups excluding carboxylic acids is 1. The molecule has 0 aliphatic carbocycles. The quantitative estimate of drug-likeness (QED) is 0.626. The molecule has 0 aliphatic rings. The Morgan fingerprint density at radius 1 is 1.10 bits per heavy atom. The number of aryl methyl sites for hydroxylation is 1. The van der Waals surface area contributed by atoms with Gasteiger partial charge in [-0.25, -0.2) is 13.1 Å². The molecule has 1 aromatic heterocycles. The van der Waals surface area contributed by atoms with Crippen LogP contribution in [0.5, 0.6) is 0 Å². The summed E-state index contributed by atoms with van der Waals surface area (Å²) in [5, 5.41) is 7.27. The molecule has 150 valence electrons. The first-order valence-corrected chi connectivity index (χ1v) is 10.9. The first-order chi connectivity index (χ1) is 13.8. The van der Waals surface area contributed by atoms with Crippen molar-refractivity contribution < 1.29 is 13.2 Å². The van der Waals surface area contributed by atoms with Gasteiger partial charge in [0.05, 0.1) is 22.0 Å². The lowest BCUT2D eigenvalue weighted by atomic mass is 10.2. The van der Waals surface area contributed by atoms with Crippen molar-refractivity contribution in [3.05, 3.63) is 77.6 Å². The average molecular weight is 410 g/mol. The second kappa shape index (κ2) is 8.45. The largest absolute Gasteiger partial charge is 0.322 e. The van der Waals surface area contributed by atoms with E-state index in [0.717, 1.165) is 22.6 Å². The molecule has 0 unspecified atom stereocenters. The number of nitrogens with zero attached hydrogens (tertiary/aromatic N) is 2. The third kappa shape index (κ3) is 4.63. The molecular weight excluding hydrogens is 386 g/mol. The number of aromatic nitrogens is 2. The van der Waals surface area contributed by atoms with Gasteiger partial charge in [-0.2, -0.15) is 5.10 Å². The van der Waals surface area contributed by atoms with E-state index in [4.69, 9.17) is 0 Å². The van der Waals surface area contributed by atoms with Crippen molar-refractivity contribution in [2.75, 3.05) is 11.1 Å². The van der Waals surface area contributed by atoms with Gasteiger partial charge >= 0.3 is 0 Å². The molecule has 0 saturated heterocycles. The number of sulfone groups is 1. The Morgan fingerprint density at radius 3 is 2.52 bits per heavy atom. The lowest BCUT2D eigenvalue weighted by Crippen LogP contribution is -2.09. The number of para-hydroxylation sites is 1. The van der Waals surface area contributed by atoms with Crippen LogP contribution in [0, 0.1) is 13.8 Å². The zero-order valence-corrected chi connectivity index (χ0v) is 17.4. The van der Waals surface area contributed by atoms with Crippen LogP contribution < -0.4 is 5.32 Å². The number of hydrogen-bond acceptors (Lipinski definition) is 4. The number of carbonyl (C=O) groups is 1. The summed E-state index contributed by atoms with van der Waals surface area (Å²) in [5.41, 5.74) is 3.99. The zero-order chi connectivity index (χ0) is 21.0. The topological polar surface area (TPSA) is 81.1 Å². The minimum Gasteiger partial charge on any atom is -0.322 e. The van der Waals surface area contributed by atoms with Gasteiger partial charge in [0.25, 0.3) is 0 Å². The van der Waals surface area contributed by atoms with Crippen LogP contribution in [-0.2, 0) is 14.6 Å². The van der Waals surface area contributed by atoms with Gasteiger partial charge in [0, 0.05) is 23.0 Å². The Kier molecular flexibility index (Phi) is 5.98. The van der Waals surface area contributed by atoms with Gasteiger partial charge in [-0.3, -0.25) is 4.79 Å². The van der Waals surface area contributed by atoms with Crippen molar-refractivity contribution in [3.63, 3.8) is 0 Å². The molecule has 0 radical (unpaired) electrons. The minimum atomic E-state index is -3.33. The smallest absolute Gasteiger partial charge is 0.248 e. The molecule has 1 heterocycles. The van der Waals surface area contributed by atoms with Crippen molar-refractivity contribution >= 4 is 27.5 Å². The van der Waals surface area contributed by atoms with E-state index in [2.05, 4.69) is 10.4 Å². The Hall–Kier alpha value is -3.19. The number of rotatable bonds is 6. The molecule has 1 N–H and O–H groups in total. The summed E-state index contributed by atoms with van der Waals surface area (Å²) in [6.45, 7) is 5.43. The normalized spacial score (nSPS) is 11.7. The van der Waals surface area contributed by atoms with Crippen molar-refractivity contribution in [2.45, 2.75) is 25.7 Å². The van der Waals surface area contributed by atoms with Crippen LogP contribution in [0.15, 0.2) is 65.6 Å². The molecule has 0 fully saturated rings. The van der Waals surface area contributed by atoms with Gasteiger partial charge < -0.3 is 5.32 Å². The molecule has 0 aliphatic heterocycles. The molecule has 0 saturated carbocycles. The summed E-state index contributed by atoms with van der Waals surface area (Å²) in [4.78, 5) is 12.5. The average Bonchev–Trinajstić information content (AvgIpc) is 3.01. The number of nitrogens with one attached hydrogen (secondary N) is 1. The van der Waals surface area contributed by atoms with E-state index >= 15 is 0 Å². The van der Waals surface area contributed by atoms with Gasteiger partial charge in [0.15, 0.2) is 9.84 Å². The monoisotopic (exact) mass is 409 g/mol. The van der Waals surface area contributed by atoms with Gasteiger partial charge in [-0.15, -0.1) is 0 Å². The molecule has 29 heavy (non-hydrogen) atoms. The van der Waals surface area contributed by atoms with Crippen LogP contribution >= 0.6 is 0 Å². The fraction of sp³-hybridized carbons (Fsp3) is 0.182. The van der Waals surface area contributed by atoms with Crippen molar-refractivity contribution in [3.8, 4) is 5.69 Å². The zero-order valence-electron chi connectivity index (χ0n) is 16.6. The van der Waals surface area contributed by atoms with Crippen LogP contribution in [0.25, 0.3) is 11.8 Å². The lowest BCUT2D eigenvalue weighted by molar-refractivity contribution is -0.111. The summed E-state index contributed by atoms with van der Waals surface area (Å²) in [5.74, 6) is -0.337. The highest BCUT2D eigenvalue weighted by atomic mass is 32.2. The molecule has 2 aromatic carbocycles. The maximum absolute atomic E-state index is 12.3. The van der Waals surface area contributed by atoms with E-state index < -0.39 is 9.84 Å². The van der Waals surface area contributed by atoms with Crippen LogP contribution in [0.4, 0.5) is 5.69 Å². The van der Waals surface area contributed by atoms with Gasteiger partial charge in [-0.1, -0.05) is 31.2 Å². The summed E-state index contributed by atoms with van der Waals surface area (Å²) >= 11 is 0. The predicted molar refractivity (Wildman–Crippen MR) is 115 cm³/mol. The third-order valence-corrected chi connectivity index (χ3v) is 6.32. The molecule has 3 rings (SSSR count). The molecule has 0 atom stereocenters. The highest BCUT2D eigenvalue weighted by Crippen LogP contribution is 2.20. The highest BCUT2D eigenvalue weighted by molar-refractivity contribution is 7.91. The van der Waals surface area contributed by atoms with E-state index in [1.54, 1.807) is 25.1 Å². The van der Waals surface area contributed by atoms with Gasteiger partial charge in [-0.05, 0) is 50.3 Å². The van der Waals surface area contributed by atoms with E-state index in [0.29, 0.717) is 5.69 Å². The Bertz CT molecular complexity index is 1160. The van der Waals surface area contributed by atoms with Crippen LogP contribution in [0.1, 0.15) is 23.9 Å². The molecule has 7 heteroatoms. The van der Waals surface area contributed by atoms with E-state index in [-0.39, 0.29) is 16.6 Å². The third-order valence-electron chi connectivity index (χ3n) is 4.59. The summed E-state index contributed by atoms with van der Waals surface area (Å²) < 4.78 is 25.9. The number of amides is 1. The second-order valence-corrected chi connectivity index (χ2v) is 8.86.